The minimum atomic E-state index is -1.37. The number of methoxy groups -OCH3 is 1. The van der Waals surface area contributed by atoms with Crippen LogP contribution in [-0.2, 0) is 22.0 Å². The highest BCUT2D eigenvalue weighted by atomic mass is 35.5. The van der Waals surface area contributed by atoms with Crippen LogP contribution in [0.5, 0.6) is 5.75 Å². The third-order valence-electron chi connectivity index (χ3n) is 12.3. The van der Waals surface area contributed by atoms with Crippen molar-refractivity contribution in [3.63, 3.8) is 0 Å². The summed E-state index contributed by atoms with van der Waals surface area (Å²) >= 11 is 8.21. The van der Waals surface area contributed by atoms with Crippen molar-refractivity contribution in [1.82, 2.24) is 0 Å². The number of ether oxygens (including phenoxy) is 1. The van der Waals surface area contributed by atoms with Crippen LogP contribution in [0.15, 0.2) is 76.3 Å². The highest BCUT2D eigenvalue weighted by molar-refractivity contribution is 8.13. The molecule has 0 N–H and O–H groups in total. The number of benzene rings is 3. The lowest BCUT2D eigenvalue weighted by molar-refractivity contribution is 0.255. The van der Waals surface area contributed by atoms with E-state index in [0.29, 0.717) is 16.9 Å². The van der Waals surface area contributed by atoms with Crippen molar-refractivity contribution < 1.29 is 22.1 Å². The van der Waals surface area contributed by atoms with E-state index in [-0.39, 0.29) is 39.4 Å². The zero-order valence-corrected chi connectivity index (χ0v) is 37.8. The van der Waals surface area contributed by atoms with Gasteiger partial charge in [0.15, 0.2) is 11.6 Å². The standard InChI is InChI=1S/C48H65ClF3NO2S2/c1-9-13-17-33(11-3)34(16-10-2)18-14-15-19-38(12-4)57(54)39-27-43(49)41(45(52)28-39)31-56-47-29-40(35-20-23-37(50)24-21-35)32(5)42(30-53-47)48(6,7)36-22-25-44(51)46(26-36)55-8/h20-28,30,32-34,38,40H,9-19,29,31H2,1-8H3. The van der Waals surface area contributed by atoms with Gasteiger partial charge in [-0.25, -0.2) is 13.2 Å². The van der Waals surface area contributed by atoms with Crippen LogP contribution in [0.25, 0.3) is 0 Å². The molecule has 1 aliphatic heterocycles. The van der Waals surface area contributed by atoms with E-state index in [1.807, 2.05) is 18.3 Å². The molecular weight excluding hydrogens is 779 g/mol. The third-order valence-corrected chi connectivity index (χ3v) is 15.6. The fraction of sp³-hybridized carbons (Fsp3) is 0.562. The molecule has 0 saturated heterocycles. The second kappa shape index (κ2) is 22.7. The predicted molar refractivity (Wildman–Crippen MR) is 238 cm³/mol. The van der Waals surface area contributed by atoms with Crippen LogP contribution in [0.1, 0.15) is 148 Å². The number of halogens is 4. The molecule has 0 aliphatic carbocycles. The third kappa shape index (κ3) is 12.5. The minimum absolute atomic E-state index is 0.0266. The first kappa shape index (κ1) is 47.1. The Balaban J connectivity index is 1.50. The van der Waals surface area contributed by atoms with E-state index >= 15 is 4.39 Å². The largest absolute Gasteiger partial charge is 0.494 e. The molecule has 0 amide bonds. The van der Waals surface area contributed by atoms with Crippen LogP contribution in [0.4, 0.5) is 13.2 Å². The fourth-order valence-corrected chi connectivity index (χ4v) is 11.7. The number of hydrogen-bond acceptors (Lipinski definition) is 4. The summed E-state index contributed by atoms with van der Waals surface area (Å²) in [6.07, 6.45) is 15.0. The van der Waals surface area contributed by atoms with Gasteiger partial charge in [-0.1, -0.05) is 136 Å². The van der Waals surface area contributed by atoms with Crippen LogP contribution < -0.4 is 4.74 Å². The van der Waals surface area contributed by atoms with Gasteiger partial charge < -0.3 is 4.74 Å². The number of unbranched alkanes of at least 4 members (excludes halogenated alkanes) is 2. The second-order valence-corrected chi connectivity index (χ2v) is 19.5. The van der Waals surface area contributed by atoms with Gasteiger partial charge in [-0.05, 0) is 89.6 Å². The summed E-state index contributed by atoms with van der Waals surface area (Å²) in [5.74, 6) is 0.673. The van der Waals surface area contributed by atoms with Crippen LogP contribution in [0, 0.1) is 35.2 Å². The lowest BCUT2D eigenvalue weighted by Gasteiger charge is -2.35. The monoisotopic (exact) mass is 843 g/mol. The van der Waals surface area contributed by atoms with Gasteiger partial charge in [-0.3, -0.25) is 9.20 Å². The lowest BCUT2D eigenvalue weighted by Crippen LogP contribution is -2.27. The number of thioether (sulfide) groups is 1. The van der Waals surface area contributed by atoms with Crippen molar-refractivity contribution in [3.8, 4) is 5.75 Å². The van der Waals surface area contributed by atoms with Crippen LogP contribution >= 0.6 is 23.4 Å². The van der Waals surface area contributed by atoms with E-state index in [0.717, 1.165) is 59.3 Å². The Morgan fingerprint density at radius 3 is 2.21 bits per heavy atom. The van der Waals surface area contributed by atoms with Crippen LogP contribution in [-0.4, -0.2) is 21.6 Å². The Morgan fingerprint density at radius 2 is 1.58 bits per heavy atom. The molecule has 6 unspecified atom stereocenters. The molecule has 0 fully saturated rings. The molecular formula is C48H65ClF3NO2S2. The number of rotatable bonds is 21. The molecule has 1 heterocycles. The smallest absolute Gasteiger partial charge is 0.165 e. The molecule has 0 saturated carbocycles. The van der Waals surface area contributed by atoms with E-state index in [9.17, 15) is 13.0 Å². The average molecular weight is 845 g/mol. The SMILES string of the molecule is CCCCC(CC)C(CCC)CCCCC(CC)S(=O)c1cc(F)c(CSC2=NC=C(C(C)(C)c3ccc(F)c(OC)c3)C(C)C(c3ccc(F)cc3)C2)c(Cl)c1. The van der Waals surface area contributed by atoms with Gasteiger partial charge in [-0.15, -0.1) is 11.8 Å². The van der Waals surface area contributed by atoms with E-state index < -0.39 is 27.8 Å². The molecule has 3 aromatic rings. The van der Waals surface area contributed by atoms with Gasteiger partial charge in [0.05, 0.1) is 23.0 Å². The summed E-state index contributed by atoms with van der Waals surface area (Å²) in [7, 11) is 0.0765. The molecule has 0 radical (unpaired) electrons. The first-order valence-corrected chi connectivity index (χ1v) is 23.7. The summed E-state index contributed by atoms with van der Waals surface area (Å²) < 4.78 is 63.5. The van der Waals surface area contributed by atoms with Crippen molar-refractivity contribution in [3.05, 3.63) is 106 Å². The molecule has 0 spiro atoms. The molecule has 9 heteroatoms. The van der Waals surface area contributed by atoms with Crippen molar-refractivity contribution >= 4 is 39.2 Å². The normalized spacial score (nSPS) is 18.3. The van der Waals surface area contributed by atoms with E-state index in [2.05, 4.69) is 48.5 Å². The van der Waals surface area contributed by atoms with Crippen molar-refractivity contribution in [2.24, 2.45) is 22.7 Å². The van der Waals surface area contributed by atoms with Crippen molar-refractivity contribution in [2.45, 2.75) is 153 Å². The molecule has 0 aromatic heterocycles. The number of aliphatic imine (C=N–C) groups is 1. The maximum absolute atomic E-state index is 15.9. The maximum atomic E-state index is 15.9. The summed E-state index contributed by atoms with van der Waals surface area (Å²) in [4.78, 5) is 5.40. The Bertz CT molecular complexity index is 1810. The summed E-state index contributed by atoms with van der Waals surface area (Å²) in [5.41, 5.74) is 2.68. The highest BCUT2D eigenvalue weighted by Gasteiger charge is 2.36. The quantitative estimate of drug-likeness (QED) is 0.100. The van der Waals surface area contributed by atoms with Crippen LogP contribution in [0.3, 0.4) is 0 Å². The van der Waals surface area contributed by atoms with Crippen molar-refractivity contribution in [2.75, 3.05) is 7.11 Å². The molecule has 4 rings (SSSR count). The zero-order chi connectivity index (χ0) is 41.7. The predicted octanol–water partition coefficient (Wildman–Crippen LogP) is 15.2. The van der Waals surface area contributed by atoms with Gasteiger partial charge in [0.1, 0.15) is 11.6 Å². The summed E-state index contributed by atoms with van der Waals surface area (Å²) in [6, 6.07) is 14.6. The number of nitrogens with zero attached hydrogens (tertiary/aromatic N) is 1. The van der Waals surface area contributed by atoms with Crippen molar-refractivity contribution in [1.29, 1.82) is 0 Å². The number of hydrogen-bond donors (Lipinski definition) is 0. The zero-order valence-electron chi connectivity index (χ0n) is 35.4. The van der Waals surface area contributed by atoms with Gasteiger partial charge in [0.25, 0.3) is 0 Å². The first-order valence-electron chi connectivity index (χ1n) is 21.2. The van der Waals surface area contributed by atoms with Gasteiger partial charge in [-0.2, -0.15) is 0 Å². The van der Waals surface area contributed by atoms with Gasteiger partial charge >= 0.3 is 0 Å². The maximum Gasteiger partial charge on any atom is 0.165 e. The van der Waals surface area contributed by atoms with Crippen LogP contribution in [0.2, 0.25) is 5.02 Å². The Morgan fingerprint density at radius 1 is 0.877 bits per heavy atom. The topological polar surface area (TPSA) is 38.7 Å². The average Bonchev–Trinajstić information content (AvgIpc) is 3.36. The van der Waals surface area contributed by atoms with E-state index in [1.165, 1.54) is 88.1 Å². The fourth-order valence-electron chi connectivity index (χ4n) is 8.70. The Kier molecular flexibility index (Phi) is 18.8. The summed E-state index contributed by atoms with van der Waals surface area (Å²) in [6.45, 7) is 15.3. The molecule has 3 nitrogen and oxygen atoms in total. The Labute approximate surface area is 353 Å². The van der Waals surface area contributed by atoms with E-state index in [4.69, 9.17) is 21.3 Å². The van der Waals surface area contributed by atoms with E-state index in [1.54, 1.807) is 18.2 Å². The van der Waals surface area contributed by atoms with Gasteiger partial charge in [0.2, 0.25) is 0 Å². The molecule has 0 bridgehead atoms. The van der Waals surface area contributed by atoms with Gasteiger partial charge in [0, 0.05) is 44.5 Å². The minimum Gasteiger partial charge on any atom is -0.494 e. The molecule has 314 valence electrons. The molecule has 6 atom stereocenters. The lowest BCUT2D eigenvalue weighted by atomic mass is 9.68. The highest BCUT2D eigenvalue weighted by Crippen LogP contribution is 2.46. The summed E-state index contributed by atoms with van der Waals surface area (Å²) in [5, 5.41) is 1.00. The molecule has 57 heavy (non-hydrogen) atoms. The second-order valence-electron chi connectivity index (χ2n) is 16.4. The first-order chi connectivity index (χ1) is 27.3. The molecule has 1 aliphatic rings. The molecule has 3 aromatic carbocycles. The Hall–Kier alpha value is -2.55. The number of allylic oxidation sites excluding steroid dienone is 1.